The first-order chi connectivity index (χ1) is 12.7. The quantitative estimate of drug-likeness (QED) is 0.611. The maximum Gasteiger partial charge on any atom is 0.185 e. The van der Waals surface area contributed by atoms with Gasteiger partial charge in [-0.05, 0) is 43.8 Å². The molecule has 2 atom stereocenters. The van der Waals surface area contributed by atoms with Crippen molar-refractivity contribution < 1.29 is 14.2 Å². The van der Waals surface area contributed by atoms with Gasteiger partial charge in [0.25, 0.3) is 0 Å². The van der Waals surface area contributed by atoms with Crippen molar-refractivity contribution in [2.75, 3.05) is 0 Å². The normalized spacial score (nSPS) is 25.9. The van der Waals surface area contributed by atoms with Crippen molar-refractivity contribution >= 4 is 28.9 Å². The number of ether oxygens (including phenoxy) is 1. The number of aromatic hydroxyl groups is 1. The Bertz CT molecular complexity index is 936. The third kappa shape index (κ3) is 3.32. The van der Waals surface area contributed by atoms with Crippen LogP contribution in [0.25, 0.3) is 0 Å². The predicted molar refractivity (Wildman–Crippen MR) is 107 cm³/mol. The second-order valence-electron chi connectivity index (χ2n) is 7.86. The highest BCUT2D eigenvalue weighted by Gasteiger charge is 2.49. The van der Waals surface area contributed by atoms with Gasteiger partial charge < -0.3 is 20.5 Å². The van der Waals surface area contributed by atoms with Crippen molar-refractivity contribution in [1.82, 2.24) is 10.6 Å². The molecular weight excluding hydrogens is 387 g/mol. The highest BCUT2D eigenvalue weighted by Crippen LogP contribution is 2.49. The van der Waals surface area contributed by atoms with E-state index in [1.165, 1.54) is 12.1 Å². The van der Waals surface area contributed by atoms with E-state index < -0.39 is 5.72 Å². The lowest BCUT2D eigenvalue weighted by Crippen LogP contribution is -2.69. The Hall–Kier alpha value is -2.05. The van der Waals surface area contributed by atoms with Crippen molar-refractivity contribution in [3.63, 3.8) is 0 Å². The Morgan fingerprint density at radius 3 is 2.67 bits per heavy atom. The fourth-order valence-corrected chi connectivity index (χ4v) is 4.81. The summed E-state index contributed by atoms with van der Waals surface area (Å²) >= 11 is 11.5. The van der Waals surface area contributed by atoms with Gasteiger partial charge in [0, 0.05) is 35.9 Å². The van der Waals surface area contributed by atoms with Gasteiger partial charge in [0.05, 0.1) is 5.02 Å². The summed E-state index contributed by atoms with van der Waals surface area (Å²) in [6, 6.07) is 9.84. The van der Waals surface area contributed by atoms with Crippen LogP contribution in [0.3, 0.4) is 0 Å². The molecule has 7 heteroatoms. The zero-order valence-corrected chi connectivity index (χ0v) is 16.5. The molecule has 2 aromatic rings. The number of phenols is 1. The summed E-state index contributed by atoms with van der Waals surface area (Å²) in [6.07, 6.45) is 1.08. The molecule has 1 fully saturated rings. The van der Waals surface area contributed by atoms with Crippen LogP contribution >= 0.6 is 23.8 Å². The van der Waals surface area contributed by atoms with Gasteiger partial charge in [-0.1, -0.05) is 29.8 Å². The Balaban J connectivity index is 1.87. The molecule has 0 unspecified atom stereocenters. The minimum atomic E-state index is -0.813. The monoisotopic (exact) mass is 406 g/mol. The van der Waals surface area contributed by atoms with Crippen molar-refractivity contribution in [2.24, 2.45) is 0 Å². The highest BCUT2D eigenvalue weighted by molar-refractivity contribution is 7.80. The van der Waals surface area contributed by atoms with E-state index in [2.05, 4.69) is 10.6 Å². The Morgan fingerprint density at radius 2 is 1.96 bits per heavy atom. The first-order valence-corrected chi connectivity index (χ1v) is 9.53. The average molecular weight is 407 g/mol. The van der Waals surface area contributed by atoms with Crippen molar-refractivity contribution in [2.45, 2.75) is 43.9 Å². The van der Waals surface area contributed by atoms with E-state index in [0.717, 1.165) is 5.56 Å². The van der Waals surface area contributed by atoms with Crippen LogP contribution in [-0.4, -0.2) is 21.5 Å². The molecule has 3 N–H and O–H groups in total. The fraction of sp³-hybridized carbons (Fsp3) is 0.350. The molecule has 2 aliphatic heterocycles. The average Bonchev–Trinajstić information content (AvgIpc) is 2.54. The van der Waals surface area contributed by atoms with Gasteiger partial charge in [0.15, 0.2) is 10.8 Å². The van der Waals surface area contributed by atoms with Gasteiger partial charge in [-0.25, -0.2) is 4.39 Å². The molecule has 142 valence electrons. The number of phenolic OH excluding ortho intramolecular Hbond substituents is 1. The Morgan fingerprint density at radius 1 is 1.22 bits per heavy atom. The van der Waals surface area contributed by atoms with Gasteiger partial charge in [-0.2, -0.15) is 0 Å². The molecule has 0 saturated carbocycles. The molecule has 0 amide bonds. The zero-order valence-electron chi connectivity index (χ0n) is 15.0. The number of benzene rings is 2. The van der Waals surface area contributed by atoms with E-state index in [4.69, 9.17) is 28.6 Å². The first-order valence-electron chi connectivity index (χ1n) is 8.74. The summed E-state index contributed by atoms with van der Waals surface area (Å²) in [6.45, 7) is 4.08. The zero-order chi connectivity index (χ0) is 19.4. The minimum absolute atomic E-state index is 0.0736. The molecule has 0 aromatic heterocycles. The Kier molecular flexibility index (Phi) is 4.24. The van der Waals surface area contributed by atoms with Gasteiger partial charge in [0.1, 0.15) is 17.3 Å². The van der Waals surface area contributed by atoms with E-state index in [9.17, 15) is 9.50 Å². The number of hydrogen-bond donors (Lipinski definition) is 3. The minimum Gasteiger partial charge on any atom is -0.506 e. The molecule has 2 aliphatic rings. The summed E-state index contributed by atoms with van der Waals surface area (Å²) in [7, 11) is 0. The molecular formula is C20H20ClFN2O2S. The van der Waals surface area contributed by atoms with Gasteiger partial charge >= 0.3 is 0 Å². The molecule has 1 spiro atoms. The SMILES string of the molecule is CC1(C)C[C@@]2(C[C@@H](c3ccccc3F)c3cc(Cl)c(O)cc3O2)NC(=S)N1. The molecule has 0 aliphatic carbocycles. The highest BCUT2D eigenvalue weighted by atomic mass is 35.5. The molecule has 4 rings (SSSR count). The van der Waals surface area contributed by atoms with Crippen LogP contribution in [0.1, 0.15) is 43.7 Å². The van der Waals surface area contributed by atoms with E-state index >= 15 is 0 Å². The van der Waals surface area contributed by atoms with E-state index in [1.54, 1.807) is 18.2 Å². The van der Waals surface area contributed by atoms with E-state index in [1.807, 2.05) is 19.9 Å². The molecule has 0 bridgehead atoms. The van der Waals surface area contributed by atoms with Crippen molar-refractivity contribution in [1.29, 1.82) is 0 Å². The van der Waals surface area contributed by atoms with Crippen LogP contribution in [0.5, 0.6) is 11.5 Å². The number of halogens is 2. The van der Waals surface area contributed by atoms with Gasteiger partial charge in [-0.15, -0.1) is 0 Å². The lowest BCUT2D eigenvalue weighted by Gasteiger charge is -2.50. The maximum atomic E-state index is 14.7. The molecule has 27 heavy (non-hydrogen) atoms. The molecule has 0 radical (unpaired) electrons. The van der Waals surface area contributed by atoms with Gasteiger partial charge in [-0.3, -0.25) is 0 Å². The summed E-state index contributed by atoms with van der Waals surface area (Å²) in [5, 5.41) is 17.3. The second kappa shape index (κ2) is 6.24. The topological polar surface area (TPSA) is 53.5 Å². The van der Waals surface area contributed by atoms with E-state index in [-0.39, 0.29) is 28.0 Å². The molecule has 2 aromatic carbocycles. The predicted octanol–water partition coefficient (Wildman–Crippen LogP) is 4.44. The third-order valence-corrected chi connectivity index (χ3v) is 5.60. The maximum absolute atomic E-state index is 14.7. The summed E-state index contributed by atoms with van der Waals surface area (Å²) < 4.78 is 21.0. The second-order valence-corrected chi connectivity index (χ2v) is 8.67. The molecule has 2 heterocycles. The lowest BCUT2D eigenvalue weighted by atomic mass is 9.77. The smallest absolute Gasteiger partial charge is 0.185 e. The van der Waals surface area contributed by atoms with Crippen LogP contribution in [-0.2, 0) is 0 Å². The first kappa shape index (κ1) is 18.3. The number of fused-ring (bicyclic) bond motifs is 1. The van der Waals surface area contributed by atoms with Crippen LogP contribution < -0.4 is 15.4 Å². The van der Waals surface area contributed by atoms with Crippen LogP contribution in [0.2, 0.25) is 5.02 Å². The number of rotatable bonds is 1. The largest absolute Gasteiger partial charge is 0.506 e. The van der Waals surface area contributed by atoms with Crippen molar-refractivity contribution in [3.05, 3.63) is 58.4 Å². The summed E-state index contributed by atoms with van der Waals surface area (Å²) in [5.74, 6) is -0.178. The summed E-state index contributed by atoms with van der Waals surface area (Å²) in [4.78, 5) is 0. The Labute approximate surface area is 167 Å². The van der Waals surface area contributed by atoms with Gasteiger partial charge in [0.2, 0.25) is 0 Å². The standard InChI is InChI=1S/C20H20ClFN2O2S/c1-19(2)10-20(24-18(27)23-19)9-13(11-5-3-4-6-15(11)22)12-7-14(21)16(25)8-17(12)26-20/h3-8,13,25H,9-10H2,1-2H3,(H2,23,24,27)/t13-,20-/m0/s1. The van der Waals surface area contributed by atoms with Crippen LogP contribution in [0, 0.1) is 5.82 Å². The third-order valence-electron chi connectivity index (χ3n) is 5.10. The van der Waals surface area contributed by atoms with E-state index in [0.29, 0.717) is 29.3 Å². The molecule has 4 nitrogen and oxygen atoms in total. The van der Waals surface area contributed by atoms with Crippen LogP contribution in [0.15, 0.2) is 36.4 Å². The number of hydrogen-bond acceptors (Lipinski definition) is 3. The summed E-state index contributed by atoms with van der Waals surface area (Å²) in [5.41, 5.74) is 0.199. The van der Waals surface area contributed by atoms with Crippen molar-refractivity contribution in [3.8, 4) is 11.5 Å². The lowest BCUT2D eigenvalue weighted by molar-refractivity contribution is -0.0130. The number of thiocarbonyl (C=S) groups is 1. The fourth-order valence-electron chi connectivity index (χ4n) is 4.18. The van der Waals surface area contributed by atoms with Crippen LogP contribution in [0.4, 0.5) is 4.39 Å². The molecule has 1 saturated heterocycles. The number of nitrogens with one attached hydrogen (secondary N) is 2.